The summed E-state index contributed by atoms with van der Waals surface area (Å²) in [6.07, 6.45) is 0. The van der Waals surface area contributed by atoms with Crippen LogP contribution in [0.5, 0.6) is 0 Å². The van der Waals surface area contributed by atoms with Crippen molar-refractivity contribution in [2.24, 2.45) is 0 Å². The molecule has 0 unspecified atom stereocenters. The van der Waals surface area contributed by atoms with Crippen molar-refractivity contribution in [2.75, 3.05) is 46.5 Å². The standard InChI is InChI=1S/C11H20N2O5/c1-11(18-6-10(15)16)7-13(8-11)5-9(14)12-3-4-17-2/h3-8H2,1-2H3,(H,12,14)(H,15,16). The molecule has 1 amide bonds. The number of rotatable bonds is 8. The minimum absolute atomic E-state index is 0.0627. The number of amides is 1. The van der Waals surface area contributed by atoms with E-state index >= 15 is 0 Å². The van der Waals surface area contributed by atoms with Crippen molar-refractivity contribution in [3.63, 3.8) is 0 Å². The number of aliphatic carboxylic acids is 1. The molecule has 0 aromatic heterocycles. The van der Waals surface area contributed by atoms with Crippen LogP contribution in [0, 0.1) is 0 Å². The van der Waals surface area contributed by atoms with E-state index in [1.54, 1.807) is 7.11 Å². The summed E-state index contributed by atoms with van der Waals surface area (Å²) < 4.78 is 10.1. The highest BCUT2D eigenvalue weighted by Crippen LogP contribution is 2.23. The second-order valence-electron chi connectivity index (χ2n) is 4.62. The first-order valence-corrected chi connectivity index (χ1v) is 5.79. The van der Waals surface area contributed by atoms with Crippen LogP contribution in [0.25, 0.3) is 0 Å². The van der Waals surface area contributed by atoms with Crippen molar-refractivity contribution in [3.05, 3.63) is 0 Å². The predicted octanol–water partition coefficient (Wildman–Crippen LogP) is -1.08. The van der Waals surface area contributed by atoms with Gasteiger partial charge in [0.15, 0.2) is 0 Å². The van der Waals surface area contributed by atoms with Crippen LogP contribution in [-0.2, 0) is 19.1 Å². The van der Waals surface area contributed by atoms with Crippen molar-refractivity contribution in [2.45, 2.75) is 12.5 Å². The lowest BCUT2D eigenvalue weighted by Gasteiger charge is -2.46. The summed E-state index contributed by atoms with van der Waals surface area (Å²) in [5.41, 5.74) is -0.453. The maximum Gasteiger partial charge on any atom is 0.329 e. The van der Waals surface area contributed by atoms with Crippen molar-refractivity contribution in [1.29, 1.82) is 0 Å². The normalized spacial score (nSPS) is 18.1. The predicted molar refractivity (Wildman–Crippen MR) is 63.3 cm³/mol. The summed E-state index contributed by atoms with van der Waals surface area (Å²) in [5.74, 6) is -1.04. The monoisotopic (exact) mass is 260 g/mol. The molecule has 1 saturated heterocycles. The van der Waals surface area contributed by atoms with Gasteiger partial charge in [0.1, 0.15) is 6.61 Å². The van der Waals surface area contributed by atoms with Crippen LogP contribution in [-0.4, -0.2) is 74.0 Å². The Morgan fingerprint density at radius 1 is 1.44 bits per heavy atom. The first kappa shape index (κ1) is 14.9. The molecule has 0 radical (unpaired) electrons. The van der Waals surface area contributed by atoms with Crippen LogP contribution < -0.4 is 5.32 Å². The average molecular weight is 260 g/mol. The molecular weight excluding hydrogens is 240 g/mol. The third-order valence-electron chi connectivity index (χ3n) is 2.66. The lowest BCUT2D eigenvalue weighted by molar-refractivity contribution is -0.166. The van der Waals surface area contributed by atoms with Crippen LogP contribution >= 0.6 is 0 Å². The van der Waals surface area contributed by atoms with Crippen molar-refractivity contribution >= 4 is 11.9 Å². The maximum absolute atomic E-state index is 11.5. The molecule has 1 aliphatic heterocycles. The highest BCUT2D eigenvalue weighted by atomic mass is 16.5. The number of ether oxygens (including phenoxy) is 2. The van der Waals surface area contributed by atoms with E-state index < -0.39 is 11.6 Å². The molecule has 0 bridgehead atoms. The Morgan fingerprint density at radius 2 is 2.11 bits per heavy atom. The number of hydrogen-bond acceptors (Lipinski definition) is 5. The van der Waals surface area contributed by atoms with E-state index in [1.807, 2.05) is 11.8 Å². The van der Waals surface area contributed by atoms with Crippen molar-refractivity contribution < 1.29 is 24.2 Å². The van der Waals surface area contributed by atoms with Gasteiger partial charge in [0.25, 0.3) is 0 Å². The van der Waals surface area contributed by atoms with Gasteiger partial charge in [-0.2, -0.15) is 0 Å². The Morgan fingerprint density at radius 3 is 2.67 bits per heavy atom. The van der Waals surface area contributed by atoms with Gasteiger partial charge in [-0.15, -0.1) is 0 Å². The quantitative estimate of drug-likeness (QED) is 0.540. The van der Waals surface area contributed by atoms with Crippen LogP contribution in [0.3, 0.4) is 0 Å². The number of likely N-dealkylation sites (tertiary alicyclic amines) is 1. The van der Waals surface area contributed by atoms with E-state index in [-0.39, 0.29) is 12.5 Å². The van der Waals surface area contributed by atoms with Crippen molar-refractivity contribution in [1.82, 2.24) is 10.2 Å². The molecule has 1 heterocycles. The van der Waals surface area contributed by atoms with Gasteiger partial charge in [0, 0.05) is 26.7 Å². The molecule has 1 fully saturated rings. The molecule has 1 rings (SSSR count). The van der Waals surface area contributed by atoms with E-state index in [4.69, 9.17) is 14.6 Å². The number of carbonyl (C=O) groups is 2. The smallest absolute Gasteiger partial charge is 0.329 e. The molecule has 0 saturated carbocycles. The Labute approximate surface area is 106 Å². The average Bonchev–Trinajstić information content (AvgIpc) is 2.24. The summed E-state index contributed by atoms with van der Waals surface area (Å²) in [5, 5.41) is 11.2. The number of carboxylic acids is 1. The van der Waals surface area contributed by atoms with E-state index in [9.17, 15) is 9.59 Å². The third kappa shape index (κ3) is 4.99. The van der Waals surface area contributed by atoms with Gasteiger partial charge in [-0.05, 0) is 6.92 Å². The minimum Gasteiger partial charge on any atom is -0.480 e. The van der Waals surface area contributed by atoms with Crippen LogP contribution in [0.4, 0.5) is 0 Å². The summed E-state index contributed by atoms with van der Waals surface area (Å²) >= 11 is 0. The molecule has 7 heteroatoms. The Bertz CT molecular complexity index is 302. The first-order chi connectivity index (χ1) is 8.45. The summed E-state index contributed by atoms with van der Waals surface area (Å²) in [7, 11) is 1.58. The fourth-order valence-electron chi connectivity index (χ4n) is 1.89. The Balaban J connectivity index is 2.13. The fraction of sp³-hybridized carbons (Fsp3) is 0.818. The molecule has 1 aliphatic rings. The zero-order chi connectivity index (χ0) is 13.6. The van der Waals surface area contributed by atoms with E-state index in [2.05, 4.69) is 5.32 Å². The molecule has 0 aromatic rings. The SMILES string of the molecule is COCCNC(=O)CN1CC(C)(OCC(=O)O)C1. The Kier molecular flexibility index (Phi) is 5.52. The number of carboxylic acid groups (broad SMARTS) is 1. The number of hydrogen-bond donors (Lipinski definition) is 2. The third-order valence-corrected chi connectivity index (χ3v) is 2.66. The molecule has 0 atom stereocenters. The number of nitrogens with one attached hydrogen (secondary N) is 1. The Hall–Kier alpha value is -1.18. The first-order valence-electron chi connectivity index (χ1n) is 5.79. The lowest BCUT2D eigenvalue weighted by Crippen LogP contribution is -2.63. The topological polar surface area (TPSA) is 88.1 Å². The second-order valence-corrected chi connectivity index (χ2v) is 4.62. The molecule has 0 aromatic carbocycles. The van der Waals surface area contributed by atoms with E-state index in [0.717, 1.165) is 0 Å². The van der Waals surface area contributed by atoms with Gasteiger partial charge in [0.05, 0.1) is 18.8 Å². The maximum atomic E-state index is 11.5. The van der Waals surface area contributed by atoms with Gasteiger partial charge >= 0.3 is 5.97 Å². The van der Waals surface area contributed by atoms with Gasteiger partial charge in [-0.1, -0.05) is 0 Å². The fourth-order valence-corrected chi connectivity index (χ4v) is 1.89. The zero-order valence-electron chi connectivity index (χ0n) is 10.8. The van der Waals surface area contributed by atoms with Gasteiger partial charge in [0.2, 0.25) is 5.91 Å². The number of carbonyl (C=O) groups excluding carboxylic acids is 1. The molecule has 18 heavy (non-hydrogen) atoms. The highest BCUT2D eigenvalue weighted by molar-refractivity contribution is 5.78. The summed E-state index contributed by atoms with van der Waals surface area (Å²) in [6, 6.07) is 0. The van der Waals surface area contributed by atoms with E-state index in [0.29, 0.717) is 32.8 Å². The van der Waals surface area contributed by atoms with Crippen LogP contribution in [0.2, 0.25) is 0 Å². The summed E-state index contributed by atoms with van der Waals surface area (Å²) in [4.78, 5) is 23.7. The second kappa shape index (κ2) is 6.67. The minimum atomic E-state index is -0.980. The summed E-state index contributed by atoms with van der Waals surface area (Å²) in [6.45, 7) is 3.96. The molecule has 2 N–H and O–H groups in total. The molecule has 0 spiro atoms. The zero-order valence-corrected chi connectivity index (χ0v) is 10.8. The number of nitrogens with zero attached hydrogens (tertiary/aromatic N) is 1. The van der Waals surface area contributed by atoms with Crippen molar-refractivity contribution in [3.8, 4) is 0 Å². The number of methoxy groups -OCH3 is 1. The van der Waals surface area contributed by atoms with E-state index in [1.165, 1.54) is 0 Å². The van der Waals surface area contributed by atoms with Gasteiger partial charge in [-0.25, -0.2) is 4.79 Å². The lowest BCUT2D eigenvalue weighted by atomic mass is 9.96. The highest BCUT2D eigenvalue weighted by Gasteiger charge is 2.40. The van der Waals surface area contributed by atoms with Gasteiger partial charge < -0.3 is 19.9 Å². The van der Waals surface area contributed by atoms with Gasteiger partial charge in [-0.3, -0.25) is 9.69 Å². The molecule has 104 valence electrons. The van der Waals surface area contributed by atoms with Crippen LogP contribution in [0.15, 0.2) is 0 Å². The molecule has 0 aliphatic carbocycles. The molecular formula is C11H20N2O5. The largest absolute Gasteiger partial charge is 0.480 e. The van der Waals surface area contributed by atoms with Crippen LogP contribution in [0.1, 0.15) is 6.92 Å². The molecule has 7 nitrogen and oxygen atoms in total.